The molecule has 0 bridgehead atoms. The van der Waals surface area contributed by atoms with E-state index in [1.165, 1.54) is 15.7 Å². The molecule has 1 aromatic rings. The molecule has 1 aliphatic carbocycles. The minimum atomic E-state index is 0.463. The van der Waals surface area contributed by atoms with Gasteiger partial charge in [0.05, 0.1) is 0 Å². The Morgan fingerprint density at radius 2 is 2.14 bits per heavy atom. The molecule has 0 saturated heterocycles. The van der Waals surface area contributed by atoms with Crippen molar-refractivity contribution >= 4 is 34.0 Å². The molecular formula is C11H15IN2. The van der Waals surface area contributed by atoms with E-state index in [1.807, 2.05) is 12.1 Å². The summed E-state index contributed by atoms with van der Waals surface area (Å²) in [6.45, 7) is 4.57. The fourth-order valence-corrected chi connectivity index (χ4v) is 2.24. The number of rotatable bonds is 2. The van der Waals surface area contributed by atoms with E-state index in [9.17, 15) is 0 Å². The normalized spacial score (nSPS) is 23.2. The van der Waals surface area contributed by atoms with Crippen LogP contribution in [0.25, 0.3) is 0 Å². The maximum absolute atomic E-state index is 5.69. The van der Waals surface area contributed by atoms with Crippen LogP contribution in [0.2, 0.25) is 0 Å². The van der Waals surface area contributed by atoms with E-state index in [0.717, 1.165) is 5.69 Å². The summed E-state index contributed by atoms with van der Waals surface area (Å²) in [5, 5.41) is 3.54. The molecule has 1 unspecified atom stereocenters. The first kappa shape index (κ1) is 10.1. The molecule has 3 heteroatoms. The molecule has 1 atom stereocenters. The molecule has 0 amide bonds. The Morgan fingerprint density at radius 1 is 1.50 bits per heavy atom. The van der Waals surface area contributed by atoms with E-state index in [0.29, 0.717) is 11.5 Å². The number of hydrogen-bond donors (Lipinski definition) is 2. The third-order valence-electron chi connectivity index (χ3n) is 2.84. The van der Waals surface area contributed by atoms with Crippen LogP contribution in [-0.2, 0) is 0 Å². The summed E-state index contributed by atoms with van der Waals surface area (Å²) in [5.41, 5.74) is 8.19. The SMILES string of the molecule is CC1(C)CC1Nc1ccc(N)cc1I. The number of hydrogen-bond acceptors (Lipinski definition) is 2. The molecule has 2 nitrogen and oxygen atoms in total. The topological polar surface area (TPSA) is 38.0 Å². The minimum absolute atomic E-state index is 0.463. The second kappa shape index (κ2) is 3.29. The second-order valence-electron chi connectivity index (χ2n) is 4.63. The van der Waals surface area contributed by atoms with Crippen LogP contribution in [0.15, 0.2) is 18.2 Å². The van der Waals surface area contributed by atoms with Gasteiger partial charge in [0.2, 0.25) is 0 Å². The summed E-state index contributed by atoms with van der Waals surface area (Å²) in [5.74, 6) is 0. The standard InChI is InChI=1S/C11H15IN2/c1-11(2)6-10(11)14-9-4-3-7(13)5-8(9)12/h3-5,10,14H,6,13H2,1-2H3. The molecule has 1 aliphatic rings. The Morgan fingerprint density at radius 3 is 2.64 bits per heavy atom. The summed E-state index contributed by atoms with van der Waals surface area (Å²) in [7, 11) is 0. The lowest BCUT2D eigenvalue weighted by molar-refractivity contribution is 0.630. The van der Waals surface area contributed by atoms with Crippen molar-refractivity contribution in [2.45, 2.75) is 26.3 Å². The Balaban J connectivity index is 2.11. The summed E-state index contributed by atoms with van der Waals surface area (Å²) in [6.07, 6.45) is 1.26. The average Bonchev–Trinajstić information content (AvgIpc) is 2.65. The smallest absolute Gasteiger partial charge is 0.0479 e. The molecule has 14 heavy (non-hydrogen) atoms. The van der Waals surface area contributed by atoms with Crippen molar-refractivity contribution in [2.24, 2.45) is 5.41 Å². The summed E-state index contributed by atoms with van der Waals surface area (Å²) in [4.78, 5) is 0. The van der Waals surface area contributed by atoms with E-state index in [-0.39, 0.29) is 0 Å². The molecule has 0 heterocycles. The third-order valence-corrected chi connectivity index (χ3v) is 3.73. The first-order chi connectivity index (χ1) is 6.49. The highest BCUT2D eigenvalue weighted by molar-refractivity contribution is 14.1. The fraction of sp³-hybridized carbons (Fsp3) is 0.455. The molecule has 1 saturated carbocycles. The highest BCUT2D eigenvalue weighted by Gasteiger charge is 2.45. The van der Waals surface area contributed by atoms with Crippen molar-refractivity contribution in [3.05, 3.63) is 21.8 Å². The number of nitrogen functional groups attached to an aromatic ring is 1. The number of anilines is 2. The second-order valence-corrected chi connectivity index (χ2v) is 5.79. The van der Waals surface area contributed by atoms with Gasteiger partial charge in [-0.1, -0.05) is 13.8 Å². The van der Waals surface area contributed by atoms with Crippen molar-refractivity contribution in [3.63, 3.8) is 0 Å². The number of nitrogens with one attached hydrogen (secondary N) is 1. The first-order valence-corrected chi connectivity index (χ1v) is 5.88. The van der Waals surface area contributed by atoms with Crippen LogP contribution in [0.4, 0.5) is 11.4 Å². The minimum Gasteiger partial charge on any atom is -0.399 e. The van der Waals surface area contributed by atoms with Crippen molar-refractivity contribution < 1.29 is 0 Å². The van der Waals surface area contributed by atoms with Gasteiger partial charge >= 0.3 is 0 Å². The van der Waals surface area contributed by atoms with E-state index in [1.54, 1.807) is 0 Å². The molecule has 0 aromatic heterocycles. The zero-order valence-electron chi connectivity index (χ0n) is 8.47. The quantitative estimate of drug-likeness (QED) is 0.651. The zero-order chi connectivity index (χ0) is 10.3. The average molecular weight is 302 g/mol. The largest absolute Gasteiger partial charge is 0.399 e. The Labute approximate surface area is 98.4 Å². The lowest BCUT2D eigenvalue weighted by atomic mass is 10.2. The van der Waals surface area contributed by atoms with Gasteiger partial charge in [-0.15, -0.1) is 0 Å². The van der Waals surface area contributed by atoms with Crippen LogP contribution in [0.3, 0.4) is 0 Å². The number of nitrogens with two attached hydrogens (primary N) is 1. The highest BCUT2D eigenvalue weighted by Crippen LogP contribution is 2.46. The van der Waals surface area contributed by atoms with Crippen LogP contribution in [0.1, 0.15) is 20.3 Å². The van der Waals surface area contributed by atoms with Crippen LogP contribution in [0.5, 0.6) is 0 Å². The van der Waals surface area contributed by atoms with Crippen molar-refractivity contribution in [3.8, 4) is 0 Å². The Kier molecular flexibility index (Phi) is 2.37. The highest BCUT2D eigenvalue weighted by atomic mass is 127. The predicted molar refractivity (Wildman–Crippen MR) is 69.4 cm³/mol. The van der Waals surface area contributed by atoms with Crippen molar-refractivity contribution in [1.82, 2.24) is 0 Å². The lowest BCUT2D eigenvalue weighted by Crippen LogP contribution is -2.09. The summed E-state index contributed by atoms with van der Waals surface area (Å²) >= 11 is 2.32. The Hall–Kier alpha value is -0.450. The maximum Gasteiger partial charge on any atom is 0.0479 e. The molecule has 1 aromatic carbocycles. The van der Waals surface area contributed by atoms with Gasteiger partial charge in [0, 0.05) is 21.0 Å². The van der Waals surface area contributed by atoms with E-state index >= 15 is 0 Å². The first-order valence-electron chi connectivity index (χ1n) is 4.80. The number of benzene rings is 1. The summed E-state index contributed by atoms with van der Waals surface area (Å²) in [6, 6.07) is 6.63. The van der Waals surface area contributed by atoms with Gasteiger partial charge in [-0.3, -0.25) is 0 Å². The van der Waals surface area contributed by atoms with Crippen LogP contribution < -0.4 is 11.1 Å². The van der Waals surface area contributed by atoms with Gasteiger partial charge < -0.3 is 11.1 Å². The molecule has 0 radical (unpaired) electrons. The van der Waals surface area contributed by atoms with Gasteiger partial charge in [0.15, 0.2) is 0 Å². The lowest BCUT2D eigenvalue weighted by Gasteiger charge is -2.10. The predicted octanol–water partition coefficient (Wildman–Crippen LogP) is 3.08. The van der Waals surface area contributed by atoms with Gasteiger partial charge in [0.1, 0.15) is 0 Å². The molecule has 1 fully saturated rings. The third kappa shape index (κ3) is 1.97. The van der Waals surface area contributed by atoms with E-state index < -0.39 is 0 Å². The Bertz CT molecular complexity index is 360. The molecule has 0 aliphatic heterocycles. The molecular weight excluding hydrogens is 287 g/mol. The molecule has 0 spiro atoms. The molecule has 76 valence electrons. The van der Waals surface area contributed by atoms with Gasteiger partial charge in [0.25, 0.3) is 0 Å². The van der Waals surface area contributed by atoms with Crippen molar-refractivity contribution in [1.29, 1.82) is 0 Å². The fourth-order valence-electron chi connectivity index (χ4n) is 1.55. The van der Waals surface area contributed by atoms with Crippen LogP contribution >= 0.6 is 22.6 Å². The van der Waals surface area contributed by atoms with Gasteiger partial charge in [-0.2, -0.15) is 0 Å². The monoisotopic (exact) mass is 302 g/mol. The van der Waals surface area contributed by atoms with Gasteiger partial charge in [-0.05, 0) is 52.6 Å². The van der Waals surface area contributed by atoms with E-state index in [2.05, 4.69) is 47.8 Å². The van der Waals surface area contributed by atoms with E-state index in [4.69, 9.17) is 5.73 Å². The molecule has 3 N–H and O–H groups in total. The van der Waals surface area contributed by atoms with Crippen LogP contribution in [0, 0.1) is 8.99 Å². The van der Waals surface area contributed by atoms with Crippen LogP contribution in [-0.4, -0.2) is 6.04 Å². The maximum atomic E-state index is 5.69. The number of halogens is 1. The molecule has 2 rings (SSSR count). The van der Waals surface area contributed by atoms with Gasteiger partial charge in [-0.25, -0.2) is 0 Å². The zero-order valence-corrected chi connectivity index (χ0v) is 10.6. The van der Waals surface area contributed by atoms with Crippen molar-refractivity contribution in [2.75, 3.05) is 11.1 Å². The summed E-state index contributed by atoms with van der Waals surface area (Å²) < 4.78 is 1.20.